The molecule has 1 saturated heterocycles. The van der Waals surface area contributed by atoms with E-state index < -0.39 is 0 Å². The topological polar surface area (TPSA) is 40.5 Å². The lowest BCUT2D eigenvalue weighted by atomic mass is 10.1. The number of carbonyl (C=O) groups excluding carboxylic acids is 1. The van der Waals surface area contributed by atoms with Gasteiger partial charge >= 0.3 is 0 Å². The Balaban J connectivity index is 2.21. The maximum atomic E-state index is 12.2. The van der Waals surface area contributed by atoms with Crippen molar-refractivity contribution in [3.05, 3.63) is 28.8 Å². The van der Waals surface area contributed by atoms with Crippen LogP contribution in [0.5, 0.6) is 5.75 Å². The number of amides is 1. The Bertz CT molecular complexity index is 439. The molecule has 2 rings (SSSR count). The number of nitrogens with zero attached hydrogens (tertiary/aromatic N) is 1. The molecule has 0 radical (unpaired) electrons. The van der Waals surface area contributed by atoms with Gasteiger partial charge in [0.2, 0.25) is 0 Å². The van der Waals surface area contributed by atoms with Crippen LogP contribution >= 0.6 is 23.4 Å². The molecule has 1 N–H and O–H groups in total. The van der Waals surface area contributed by atoms with Crippen LogP contribution in [0.2, 0.25) is 5.02 Å². The minimum Gasteiger partial charge on any atom is -0.507 e. The average Bonchev–Trinajstić information content (AvgIpc) is 2.31. The molecule has 1 amide bonds. The standard InChI is InChI=1S/C12H14ClNO2S/c1-8-7-14(4-5-17-8)12(16)10-6-9(13)2-3-11(10)15/h2-3,6,8,15H,4-5,7H2,1H3. The minimum absolute atomic E-state index is 0.00900. The van der Waals surface area contributed by atoms with Crippen LogP contribution in [0.4, 0.5) is 0 Å². The zero-order valence-corrected chi connectivity index (χ0v) is 11.1. The van der Waals surface area contributed by atoms with Gasteiger partial charge in [0.05, 0.1) is 5.56 Å². The van der Waals surface area contributed by atoms with Gasteiger partial charge in [0.1, 0.15) is 5.75 Å². The van der Waals surface area contributed by atoms with E-state index in [4.69, 9.17) is 11.6 Å². The van der Waals surface area contributed by atoms with Crippen molar-refractivity contribution >= 4 is 29.3 Å². The highest BCUT2D eigenvalue weighted by Crippen LogP contribution is 2.25. The van der Waals surface area contributed by atoms with Gasteiger partial charge in [0.15, 0.2) is 0 Å². The highest BCUT2D eigenvalue weighted by Gasteiger charge is 2.24. The Morgan fingerprint density at radius 3 is 3.06 bits per heavy atom. The second kappa shape index (κ2) is 5.19. The molecular formula is C12H14ClNO2S. The number of carbonyl (C=O) groups is 1. The molecule has 0 aliphatic carbocycles. The molecule has 1 aliphatic rings. The van der Waals surface area contributed by atoms with Gasteiger partial charge in [-0.25, -0.2) is 0 Å². The maximum Gasteiger partial charge on any atom is 0.257 e. The summed E-state index contributed by atoms with van der Waals surface area (Å²) in [6.45, 7) is 3.54. The van der Waals surface area contributed by atoms with Gasteiger partial charge in [0.25, 0.3) is 5.91 Å². The van der Waals surface area contributed by atoms with E-state index in [0.29, 0.717) is 10.3 Å². The first-order valence-electron chi connectivity index (χ1n) is 5.47. The van der Waals surface area contributed by atoms with Crippen molar-refractivity contribution in [3.8, 4) is 5.75 Å². The fourth-order valence-electron chi connectivity index (χ4n) is 1.85. The van der Waals surface area contributed by atoms with E-state index in [1.807, 2.05) is 11.8 Å². The second-order valence-electron chi connectivity index (χ2n) is 4.09. The van der Waals surface area contributed by atoms with E-state index in [9.17, 15) is 9.90 Å². The summed E-state index contributed by atoms with van der Waals surface area (Å²) in [5, 5.41) is 10.6. The third-order valence-electron chi connectivity index (χ3n) is 2.72. The SMILES string of the molecule is CC1CN(C(=O)c2cc(Cl)ccc2O)CCS1. The Hall–Kier alpha value is -0.870. The number of halogens is 1. The zero-order valence-electron chi connectivity index (χ0n) is 9.52. The van der Waals surface area contributed by atoms with E-state index >= 15 is 0 Å². The van der Waals surface area contributed by atoms with Crippen LogP contribution < -0.4 is 0 Å². The highest BCUT2D eigenvalue weighted by atomic mass is 35.5. The van der Waals surface area contributed by atoms with Gasteiger partial charge in [0, 0.05) is 29.1 Å². The lowest BCUT2D eigenvalue weighted by Crippen LogP contribution is -2.41. The van der Waals surface area contributed by atoms with E-state index in [1.54, 1.807) is 11.0 Å². The molecule has 1 fully saturated rings. The number of thioether (sulfide) groups is 1. The average molecular weight is 272 g/mol. The predicted molar refractivity (Wildman–Crippen MR) is 70.9 cm³/mol. The smallest absolute Gasteiger partial charge is 0.257 e. The monoisotopic (exact) mass is 271 g/mol. The van der Waals surface area contributed by atoms with E-state index in [2.05, 4.69) is 6.92 Å². The van der Waals surface area contributed by atoms with Crippen molar-refractivity contribution in [2.24, 2.45) is 0 Å². The number of phenolic OH excluding ortho intramolecular Hbond substituents is 1. The largest absolute Gasteiger partial charge is 0.507 e. The van der Waals surface area contributed by atoms with Crippen LogP contribution in [-0.2, 0) is 0 Å². The molecule has 1 aromatic carbocycles. The van der Waals surface area contributed by atoms with Gasteiger partial charge in [-0.05, 0) is 18.2 Å². The van der Waals surface area contributed by atoms with E-state index in [0.717, 1.165) is 18.8 Å². The third-order valence-corrected chi connectivity index (χ3v) is 4.09. The summed E-state index contributed by atoms with van der Waals surface area (Å²) in [5.74, 6) is 0.788. The van der Waals surface area contributed by atoms with Crippen molar-refractivity contribution in [1.29, 1.82) is 0 Å². The molecule has 1 aromatic rings. The van der Waals surface area contributed by atoms with Gasteiger partial charge in [-0.3, -0.25) is 4.79 Å². The molecule has 17 heavy (non-hydrogen) atoms. The molecule has 5 heteroatoms. The van der Waals surface area contributed by atoms with Crippen LogP contribution in [0.25, 0.3) is 0 Å². The van der Waals surface area contributed by atoms with Crippen molar-refractivity contribution in [1.82, 2.24) is 4.90 Å². The molecule has 0 bridgehead atoms. The third kappa shape index (κ3) is 2.87. The molecule has 1 unspecified atom stereocenters. The summed E-state index contributed by atoms with van der Waals surface area (Å²) in [6, 6.07) is 4.55. The molecule has 92 valence electrons. The number of aromatic hydroxyl groups is 1. The molecule has 1 aliphatic heterocycles. The first-order valence-corrected chi connectivity index (χ1v) is 6.90. The van der Waals surface area contributed by atoms with Crippen LogP contribution in [0, 0.1) is 0 Å². The van der Waals surface area contributed by atoms with Gasteiger partial charge < -0.3 is 10.0 Å². The minimum atomic E-state index is -0.142. The maximum absolute atomic E-state index is 12.2. The van der Waals surface area contributed by atoms with Gasteiger partial charge in [-0.1, -0.05) is 18.5 Å². The van der Waals surface area contributed by atoms with Crippen LogP contribution in [0.1, 0.15) is 17.3 Å². The number of hydrogen-bond donors (Lipinski definition) is 1. The Kier molecular flexibility index (Phi) is 3.84. The summed E-state index contributed by atoms with van der Waals surface area (Å²) in [5.41, 5.74) is 0.289. The van der Waals surface area contributed by atoms with Crippen LogP contribution in [0.3, 0.4) is 0 Å². The lowest BCUT2D eigenvalue weighted by molar-refractivity contribution is 0.0760. The first-order chi connectivity index (χ1) is 8.08. The fourth-order valence-corrected chi connectivity index (χ4v) is 3.04. The molecule has 0 saturated carbocycles. The molecular weight excluding hydrogens is 258 g/mol. The van der Waals surface area contributed by atoms with E-state index in [-0.39, 0.29) is 17.2 Å². The Labute approximate surface area is 110 Å². The van der Waals surface area contributed by atoms with E-state index in [1.165, 1.54) is 12.1 Å². The van der Waals surface area contributed by atoms with Crippen molar-refractivity contribution in [3.63, 3.8) is 0 Å². The molecule has 0 spiro atoms. The van der Waals surface area contributed by atoms with Crippen LogP contribution in [0.15, 0.2) is 18.2 Å². The Morgan fingerprint density at radius 1 is 1.59 bits per heavy atom. The van der Waals surface area contributed by atoms with Crippen molar-refractivity contribution in [2.75, 3.05) is 18.8 Å². The van der Waals surface area contributed by atoms with Gasteiger partial charge in [-0.15, -0.1) is 0 Å². The van der Waals surface area contributed by atoms with Crippen molar-refractivity contribution < 1.29 is 9.90 Å². The molecule has 1 atom stereocenters. The molecule has 0 aromatic heterocycles. The number of rotatable bonds is 1. The van der Waals surface area contributed by atoms with Crippen molar-refractivity contribution in [2.45, 2.75) is 12.2 Å². The summed E-state index contributed by atoms with van der Waals surface area (Å²) in [7, 11) is 0. The number of benzene rings is 1. The summed E-state index contributed by atoms with van der Waals surface area (Å²) in [4.78, 5) is 14.0. The number of phenols is 1. The zero-order chi connectivity index (χ0) is 12.4. The summed E-state index contributed by atoms with van der Waals surface area (Å²) in [6.07, 6.45) is 0. The normalized spacial score (nSPS) is 20.4. The summed E-state index contributed by atoms with van der Waals surface area (Å²) >= 11 is 7.70. The van der Waals surface area contributed by atoms with Crippen LogP contribution in [-0.4, -0.2) is 40.0 Å². The first kappa shape index (κ1) is 12.6. The predicted octanol–water partition coefficient (Wildman–Crippen LogP) is 2.62. The second-order valence-corrected chi connectivity index (χ2v) is 6.08. The highest BCUT2D eigenvalue weighted by molar-refractivity contribution is 7.99. The number of hydrogen-bond acceptors (Lipinski definition) is 3. The fraction of sp³-hybridized carbons (Fsp3) is 0.417. The quantitative estimate of drug-likeness (QED) is 0.854. The van der Waals surface area contributed by atoms with Gasteiger partial charge in [-0.2, -0.15) is 11.8 Å². The lowest BCUT2D eigenvalue weighted by Gasteiger charge is -2.30. The Morgan fingerprint density at radius 2 is 2.35 bits per heavy atom. The summed E-state index contributed by atoms with van der Waals surface area (Å²) < 4.78 is 0. The molecule has 1 heterocycles. The molecule has 3 nitrogen and oxygen atoms in total.